The van der Waals surface area contributed by atoms with Crippen LogP contribution >= 0.6 is 0 Å². The van der Waals surface area contributed by atoms with Gasteiger partial charge >= 0.3 is 0 Å². The monoisotopic (exact) mass is 257 g/mol. The topological polar surface area (TPSA) is 55.3 Å². The van der Waals surface area contributed by atoms with Gasteiger partial charge in [-0.3, -0.25) is 4.90 Å². The third-order valence-electron chi connectivity index (χ3n) is 3.62. The van der Waals surface area contributed by atoms with Crippen molar-refractivity contribution in [2.24, 2.45) is 5.73 Å². The van der Waals surface area contributed by atoms with E-state index in [0.29, 0.717) is 6.54 Å². The molecule has 3 rings (SSSR count). The van der Waals surface area contributed by atoms with Crippen molar-refractivity contribution in [3.63, 3.8) is 0 Å². The molecule has 0 saturated heterocycles. The zero-order valence-electron chi connectivity index (χ0n) is 11.0. The molecule has 0 amide bonds. The fourth-order valence-corrected chi connectivity index (χ4v) is 2.65. The molecule has 1 aromatic heterocycles. The van der Waals surface area contributed by atoms with E-state index < -0.39 is 0 Å². The maximum atomic E-state index is 5.58. The predicted molar refractivity (Wildman–Crippen MR) is 73.5 cm³/mol. The van der Waals surface area contributed by atoms with Crippen LogP contribution < -0.4 is 5.73 Å². The minimum Gasteiger partial charge on any atom is -0.361 e. The first-order valence-electron chi connectivity index (χ1n) is 6.79. The molecule has 0 unspecified atom stereocenters. The fraction of sp³-hybridized carbons (Fsp3) is 0.400. The SMILES string of the molecule is NCCc1onc2c1CCN(Cc1ccccc1)C2. The summed E-state index contributed by atoms with van der Waals surface area (Å²) in [5, 5.41) is 4.19. The zero-order valence-corrected chi connectivity index (χ0v) is 11.0. The van der Waals surface area contributed by atoms with Gasteiger partial charge in [0, 0.05) is 31.6 Å². The molecule has 0 radical (unpaired) electrons. The Morgan fingerprint density at radius 2 is 2.11 bits per heavy atom. The van der Waals surface area contributed by atoms with E-state index in [-0.39, 0.29) is 0 Å². The van der Waals surface area contributed by atoms with Gasteiger partial charge in [-0.25, -0.2) is 0 Å². The van der Waals surface area contributed by atoms with Crippen LogP contribution in [-0.2, 0) is 25.9 Å². The highest BCUT2D eigenvalue weighted by Crippen LogP contribution is 2.23. The molecule has 4 heteroatoms. The van der Waals surface area contributed by atoms with Gasteiger partial charge < -0.3 is 10.3 Å². The molecule has 19 heavy (non-hydrogen) atoms. The van der Waals surface area contributed by atoms with Gasteiger partial charge in [0.05, 0.1) is 0 Å². The van der Waals surface area contributed by atoms with Crippen LogP contribution in [0.25, 0.3) is 0 Å². The van der Waals surface area contributed by atoms with Crippen LogP contribution in [0.1, 0.15) is 22.6 Å². The Labute approximate surface area is 113 Å². The van der Waals surface area contributed by atoms with Crippen LogP contribution in [0.4, 0.5) is 0 Å². The van der Waals surface area contributed by atoms with Gasteiger partial charge in [-0.2, -0.15) is 0 Å². The van der Waals surface area contributed by atoms with Crippen molar-refractivity contribution in [3.8, 4) is 0 Å². The van der Waals surface area contributed by atoms with Gasteiger partial charge in [0.1, 0.15) is 11.5 Å². The van der Waals surface area contributed by atoms with Crippen LogP contribution in [0.2, 0.25) is 0 Å². The molecule has 0 spiro atoms. The maximum absolute atomic E-state index is 5.58. The molecule has 2 heterocycles. The standard InChI is InChI=1S/C15H19N3O/c16-8-6-15-13-7-9-18(11-14(13)17-19-15)10-12-4-2-1-3-5-12/h1-5H,6-11,16H2. The first kappa shape index (κ1) is 12.4. The van der Waals surface area contributed by atoms with Crippen molar-refractivity contribution in [1.29, 1.82) is 0 Å². The summed E-state index contributed by atoms with van der Waals surface area (Å²) < 4.78 is 5.40. The minimum absolute atomic E-state index is 0.620. The van der Waals surface area contributed by atoms with E-state index in [0.717, 1.165) is 43.9 Å². The Kier molecular flexibility index (Phi) is 3.62. The van der Waals surface area contributed by atoms with E-state index in [1.54, 1.807) is 0 Å². The Morgan fingerprint density at radius 3 is 2.89 bits per heavy atom. The molecule has 0 saturated carbocycles. The number of rotatable bonds is 4. The number of fused-ring (bicyclic) bond motifs is 1. The number of nitrogens with zero attached hydrogens (tertiary/aromatic N) is 2. The summed E-state index contributed by atoms with van der Waals surface area (Å²) in [4.78, 5) is 2.41. The maximum Gasteiger partial charge on any atom is 0.141 e. The molecule has 1 aliphatic rings. The summed E-state index contributed by atoms with van der Waals surface area (Å²) in [5.41, 5.74) is 9.30. The average Bonchev–Trinajstić information content (AvgIpc) is 2.83. The Bertz CT molecular complexity index is 536. The lowest BCUT2D eigenvalue weighted by atomic mass is 10.0. The quantitative estimate of drug-likeness (QED) is 0.906. The van der Waals surface area contributed by atoms with Crippen molar-refractivity contribution >= 4 is 0 Å². The third kappa shape index (κ3) is 2.69. The van der Waals surface area contributed by atoms with Crippen molar-refractivity contribution in [3.05, 3.63) is 52.9 Å². The molecule has 0 bridgehead atoms. The first-order chi connectivity index (χ1) is 9.36. The van der Waals surface area contributed by atoms with Crippen LogP contribution in [0.3, 0.4) is 0 Å². The lowest BCUT2D eigenvalue weighted by Crippen LogP contribution is -2.30. The minimum atomic E-state index is 0.620. The highest BCUT2D eigenvalue weighted by atomic mass is 16.5. The van der Waals surface area contributed by atoms with Gasteiger partial charge in [0.15, 0.2) is 0 Å². The first-order valence-corrected chi connectivity index (χ1v) is 6.79. The zero-order chi connectivity index (χ0) is 13.1. The Balaban J connectivity index is 1.69. The van der Waals surface area contributed by atoms with E-state index in [2.05, 4.69) is 40.4 Å². The van der Waals surface area contributed by atoms with E-state index >= 15 is 0 Å². The third-order valence-corrected chi connectivity index (χ3v) is 3.62. The Hall–Kier alpha value is -1.65. The summed E-state index contributed by atoms with van der Waals surface area (Å²) in [7, 11) is 0. The summed E-state index contributed by atoms with van der Waals surface area (Å²) in [6.07, 6.45) is 1.81. The Morgan fingerprint density at radius 1 is 1.26 bits per heavy atom. The number of hydrogen-bond acceptors (Lipinski definition) is 4. The second-order valence-electron chi connectivity index (χ2n) is 5.02. The van der Waals surface area contributed by atoms with E-state index in [1.165, 1.54) is 11.1 Å². The van der Waals surface area contributed by atoms with Gasteiger partial charge in [-0.15, -0.1) is 0 Å². The van der Waals surface area contributed by atoms with Crippen LogP contribution in [-0.4, -0.2) is 23.1 Å². The smallest absolute Gasteiger partial charge is 0.141 e. The van der Waals surface area contributed by atoms with Crippen molar-refractivity contribution in [2.45, 2.75) is 25.9 Å². The molecular weight excluding hydrogens is 238 g/mol. The van der Waals surface area contributed by atoms with E-state index in [4.69, 9.17) is 10.3 Å². The molecule has 100 valence electrons. The highest BCUT2D eigenvalue weighted by molar-refractivity contribution is 5.26. The van der Waals surface area contributed by atoms with Crippen molar-refractivity contribution in [1.82, 2.24) is 10.1 Å². The lowest BCUT2D eigenvalue weighted by molar-refractivity contribution is 0.239. The summed E-state index contributed by atoms with van der Waals surface area (Å²) in [5.74, 6) is 0.983. The fourth-order valence-electron chi connectivity index (χ4n) is 2.65. The summed E-state index contributed by atoms with van der Waals surface area (Å²) in [6, 6.07) is 10.5. The molecule has 1 aromatic carbocycles. The molecule has 4 nitrogen and oxygen atoms in total. The van der Waals surface area contributed by atoms with Gasteiger partial charge in [-0.05, 0) is 18.5 Å². The number of aromatic nitrogens is 1. The normalized spacial score (nSPS) is 15.4. The van der Waals surface area contributed by atoms with Crippen LogP contribution in [0.15, 0.2) is 34.9 Å². The summed E-state index contributed by atoms with van der Waals surface area (Å²) in [6.45, 7) is 3.52. The van der Waals surface area contributed by atoms with Gasteiger partial charge in [0.2, 0.25) is 0 Å². The second-order valence-corrected chi connectivity index (χ2v) is 5.02. The summed E-state index contributed by atoms with van der Waals surface area (Å²) >= 11 is 0. The van der Waals surface area contributed by atoms with E-state index in [1.807, 2.05) is 0 Å². The van der Waals surface area contributed by atoms with Crippen LogP contribution in [0, 0.1) is 0 Å². The number of benzene rings is 1. The second kappa shape index (κ2) is 5.55. The lowest BCUT2D eigenvalue weighted by Gasteiger charge is -2.25. The van der Waals surface area contributed by atoms with Crippen molar-refractivity contribution in [2.75, 3.05) is 13.1 Å². The molecule has 2 aromatic rings. The molecule has 0 atom stereocenters. The molecule has 0 fully saturated rings. The van der Waals surface area contributed by atoms with Crippen molar-refractivity contribution < 1.29 is 4.52 Å². The number of nitrogens with two attached hydrogens (primary N) is 1. The van der Waals surface area contributed by atoms with Gasteiger partial charge in [-0.1, -0.05) is 35.5 Å². The molecule has 2 N–H and O–H groups in total. The van der Waals surface area contributed by atoms with E-state index in [9.17, 15) is 0 Å². The predicted octanol–water partition coefficient (Wildman–Crippen LogP) is 1.73. The largest absolute Gasteiger partial charge is 0.361 e. The molecule has 1 aliphatic heterocycles. The molecule has 0 aliphatic carbocycles. The van der Waals surface area contributed by atoms with Gasteiger partial charge in [0.25, 0.3) is 0 Å². The highest BCUT2D eigenvalue weighted by Gasteiger charge is 2.23. The molecular formula is C15H19N3O. The number of hydrogen-bond donors (Lipinski definition) is 1. The van der Waals surface area contributed by atoms with Crippen LogP contribution in [0.5, 0.6) is 0 Å². The average molecular weight is 257 g/mol.